The predicted molar refractivity (Wildman–Crippen MR) is 62.4 cm³/mol. The summed E-state index contributed by atoms with van der Waals surface area (Å²) < 4.78 is 4.26. The molecule has 4 N–H and O–H groups in total. The number of carbonyl (C=O) groups excluding carboxylic acids is 1. The van der Waals surface area contributed by atoms with E-state index in [1.165, 1.54) is 18.2 Å². The quantitative estimate of drug-likeness (QED) is 0.536. The van der Waals surface area contributed by atoms with E-state index in [2.05, 4.69) is 4.74 Å². The minimum atomic E-state index is -1.86. The number of carbonyl (C=O) groups is 2. The van der Waals surface area contributed by atoms with Crippen LogP contribution in [-0.2, 0) is 20.7 Å². The number of hydrogen-bond acceptors (Lipinski definition) is 6. The number of ether oxygens (including phenoxy) is 1. The Balaban J connectivity index is 3.04. The first kappa shape index (κ1) is 14.9. The number of hydrogen-bond donors (Lipinski definition) is 4. The van der Waals surface area contributed by atoms with Gasteiger partial charge in [0.2, 0.25) is 0 Å². The van der Waals surface area contributed by atoms with Crippen LogP contribution in [0.4, 0.5) is 0 Å². The first-order chi connectivity index (χ1) is 8.86. The molecular formula is C12H14O7. The Bertz CT molecular complexity index is 483. The lowest BCUT2D eigenvalue weighted by Crippen LogP contribution is -2.29. The van der Waals surface area contributed by atoms with Gasteiger partial charge < -0.3 is 25.2 Å². The van der Waals surface area contributed by atoms with Crippen LogP contribution in [0.15, 0.2) is 18.2 Å². The number of aliphatic carboxylic acids is 1. The van der Waals surface area contributed by atoms with Crippen molar-refractivity contribution in [3.05, 3.63) is 29.3 Å². The lowest BCUT2D eigenvalue weighted by atomic mass is 9.99. The van der Waals surface area contributed by atoms with Crippen LogP contribution >= 0.6 is 0 Å². The molecule has 0 fully saturated rings. The summed E-state index contributed by atoms with van der Waals surface area (Å²) in [5.41, 5.74) is 0.174. The van der Waals surface area contributed by atoms with E-state index in [9.17, 15) is 24.9 Å². The Morgan fingerprint density at radius 3 is 2.47 bits per heavy atom. The van der Waals surface area contributed by atoms with Gasteiger partial charge in [0, 0.05) is 5.56 Å². The molecule has 0 aliphatic heterocycles. The minimum Gasteiger partial charge on any atom is -0.508 e. The van der Waals surface area contributed by atoms with Gasteiger partial charge in [-0.1, -0.05) is 6.07 Å². The van der Waals surface area contributed by atoms with Crippen molar-refractivity contribution >= 4 is 11.9 Å². The molecule has 19 heavy (non-hydrogen) atoms. The summed E-state index contributed by atoms with van der Waals surface area (Å²) in [5.74, 6) is -2.50. The second-order valence-corrected chi connectivity index (χ2v) is 3.88. The van der Waals surface area contributed by atoms with E-state index in [4.69, 9.17) is 5.11 Å². The number of aromatic hydroxyl groups is 1. The normalized spacial score (nSPS) is 13.6. The summed E-state index contributed by atoms with van der Waals surface area (Å²) in [5, 5.41) is 37.5. The summed E-state index contributed by atoms with van der Waals surface area (Å²) >= 11 is 0. The molecule has 1 aromatic carbocycles. The maximum absolute atomic E-state index is 11.1. The Morgan fingerprint density at radius 2 is 1.95 bits per heavy atom. The van der Waals surface area contributed by atoms with Crippen molar-refractivity contribution in [2.24, 2.45) is 0 Å². The minimum absolute atomic E-state index is 0.142. The van der Waals surface area contributed by atoms with Crippen LogP contribution < -0.4 is 0 Å². The number of rotatable bonds is 5. The fourth-order valence-electron chi connectivity index (χ4n) is 1.55. The first-order valence-corrected chi connectivity index (χ1v) is 5.34. The van der Waals surface area contributed by atoms with Crippen molar-refractivity contribution in [3.63, 3.8) is 0 Å². The van der Waals surface area contributed by atoms with Gasteiger partial charge in [-0.2, -0.15) is 0 Å². The molecule has 0 spiro atoms. The van der Waals surface area contributed by atoms with Crippen LogP contribution in [0.3, 0.4) is 0 Å². The van der Waals surface area contributed by atoms with Gasteiger partial charge in [0.15, 0.2) is 6.10 Å². The molecule has 0 aliphatic rings. The third-order valence-corrected chi connectivity index (χ3v) is 2.51. The van der Waals surface area contributed by atoms with Crippen molar-refractivity contribution in [2.45, 2.75) is 18.6 Å². The van der Waals surface area contributed by atoms with Gasteiger partial charge >= 0.3 is 11.9 Å². The molecule has 0 aromatic heterocycles. The standard InChI is InChI=1S/C12H14O7/c1-19-12(18)11(17)10(16)7-4-6(5-9(14)15)2-3-8(7)13/h2-4,10-11,13,16-17H,5H2,1H3,(H,14,15). The first-order valence-electron chi connectivity index (χ1n) is 5.34. The number of esters is 1. The summed E-state index contributed by atoms with van der Waals surface area (Å²) in [6.07, 6.45) is -3.88. The molecule has 0 aliphatic carbocycles. The average Bonchev–Trinajstić information content (AvgIpc) is 2.37. The topological polar surface area (TPSA) is 124 Å². The number of methoxy groups -OCH3 is 1. The van der Waals surface area contributed by atoms with Gasteiger partial charge in [-0.25, -0.2) is 4.79 Å². The zero-order chi connectivity index (χ0) is 14.6. The number of phenols is 1. The molecule has 0 radical (unpaired) electrons. The lowest BCUT2D eigenvalue weighted by molar-refractivity contribution is -0.156. The molecule has 1 aromatic rings. The molecule has 104 valence electrons. The smallest absolute Gasteiger partial charge is 0.337 e. The van der Waals surface area contributed by atoms with Gasteiger partial charge in [0.05, 0.1) is 13.5 Å². The highest BCUT2D eigenvalue weighted by Gasteiger charge is 2.28. The maximum Gasteiger partial charge on any atom is 0.337 e. The Kier molecular flexibility index (Phi) is 4.85. The van der Waals surface area contributed by atoms with Crippen LogP contribution in [0, 0.1) is 0 Å². The molecule has 1 rings (SSSR count). The highest BCUT2D eigenvalue weighted by atomic mass is 16.5. The Morgan fingerprint density at radius 1 is 1.32 bits per heavy atom. The van der Waals surface area contributed by atoms with Crippen LogP contribution in [-0.4, -0.2) is 45.6 Å². The van der Waals surface area contributed by atoms with Crippen LogP contribution in [0.5, 0.6) is 5.75 Å². The van der Waals surface area contributed by atoms with Crippen molar-refractivity contribution in [3.8, 4) is 5.75 Å². The SMILES string of the molecule is COC(=O)C(O)C(O)c1cc(CC(=O)O)ccc1O. The van der Waals surface area contributed by atoms with Gasteiger partial charge in [0.1, 0.15) is 11.9 Å². The number of benzene rings is 1. The molecular weight excluding hydrogens is 256 g/mol. The molecule has 0 saturated heterocycles. The summed E-state index contributed by atoms with van der Waals surface area (Å²) in [6, 6.07) is 3.76. The monoisotopic (exact) mass is 270 g/mol. The highest BCUT2D eigenvalue weighted by Crippen LogP contribution is 2.28. The summed E-state index contributed by atoms with van der Waals surface area (Å²) in [4.78, 5) is 21.7. The van der Waals surface area contributed by atoms with Crippen molar-refractivity contribution in [1.82, 2.24) is 0 Å². The molecule has 0 heterocycles. The molecule has 2 atom stereocenters. The number of phenolic OH excluding ortho intramolecular Hbond substituents is 1. The molecule has 0 saturated carbocycles. The third-order valence-electron chi connectivity index (χ3n) is 2.51. The number of carboxylic acids is 1. The van der Waals surface area contributed by atoms with E-state index in [1.807, 2.05) is 0 Å². The van der Waals surface area contributed by atoms with Crippen LogP contribution in [0.25, 0.3) is 0 Å². The molecule has 0 bridgehead atoms. The second-order valence-electron chi connectivity index (χ2n) is 3.88. The van der Waals surface area contributed by atoms with E-state index in [1.54, 1.807) is 0 Å². The molecule has 2 unspecified atom stereocenters. The molecule has 7 heteroatoms. The number of aliphatic hydroxyl groups excluding tert-OH is 2. The van der Waals surface area contributed by atoms with Crippen LogP contribution in [0.2, 0.25) is 0 Å². The van der Waals surface area contributed by atoms with E-state index < -0.39 is 24.1 Å². The van der Waals surface area contributed by atoms with Gasteiger partial charge in [0.25, 0.3) is 0 Å². The zero-order valence-electron chi connectivity index (χ0n) is 10.1. The Labute approximate surface area is 108 Å². The van der Waals surface area contributed by atoms with Gasteiger partial charge in [-0.3, -0.25) is 4.79 Å². The second kappa shape index (κ2) is 6.17. The number of aliphatic hydroxyl groups is 2. The molecule has 0 amide bonds. The molecule has 7 nitrogen and oxygen atoms in total. The fraction of sp³-hybridized carbons (Fsp3) is 0.333. The average molecular weight is 270 g/mol. The third kappa shape index (κ3) is 3.67. The van der Waals surface area contributed by atoms with Crippen molar-refractivity contribution < 1.29 is 34.8 Å². The van der Waals surface area contributed by atoms with Gasteiger partial charge in [-0.15, -0.1) is 0 Å². The van der Waals surface area contributed by atoms with E-state index >= 15 is 0 Å². The van der Waals surface area contributed by atoms with Crippen molar-refractivity contribution in [1.29, 1.82) is 0 Å². The van der Waals surface area contributed by atoms with Gasteiger partial charge in [-0.05, 0) is 17.7 Å². The predicted octanol–water partition coefficient (Wildman–Crippen LogP) is -0.413. The summed E-state index contributed by atoms with van der Waals surface area (Å²) in [6.45, 7) is 0. The van der Waals surface area contributed by atoms with E-state index in [0.717, 1.165) is 7.11 Å². The summed E-state index contributed by atoms with van der Waals surface area (Å²) in [7, 11) is 1.04. The maximum atomic E-state index is 11.1. The highest BCUT2D eigenvalue weighted by molar-refractivity contribution is 5.75. The van der Waals surface area contributed by atoms with E-state index in [0.29, 0.717) is 5.56 Å². The number of carboxylic acid groups (broad SMARTS) is 1. The zero-order valence-corrected chi connectivity index (χ0v) is 10.1. The largest absolute Gasteiger partial charge is 0.508 e. The van der Waals surface area contributed by atoms with E-state index in [-0.39, 0.29) is 17.7 Å². The van der Waals surface area contributed by atoms with Crippen LogP contribution in [0.1, 0.15) is 17.2 Å². The van der Waals surface area contributed by atoms with Crippen molar-refractivity contribution in [2.75, 3.05) is 7.11 Å². The lowest BCUT2D eigenvalue weighted by Gasteiger charge is -2.17. The fourth-order valence-corrected chi connectivity index (χ4v) is 1.55. The Hall–Kier alpha value is -2.12.